The Morgan fingerprint density at radius 1 is 1.20 bits per heavy atom. The van der Waals surface area contributed by atoms with Crippen molar-refractivity contribution in [2.75, 3.05) is 13.7 Å². The molecule has 25 heavy (non-hydrogen) atoms. The lowest BCUT2D eigenvalue weighted by Crippen LogP contribution is -2.44. The molecule has 0 heterocycles. The molecule has 0 amide bonds. The third-order valence-corrected chi connectivity index (χ3v) is 4.53. The number of fused-ring (bicyclic) bond motifs is 1. The number of carbonyl (C=O) groups excluding carboxylic acids is 2. The van der Waals surface area contributed by atoms with Crippen LogP contribution in [0.15, 0.2) is 42.5 Å². The van der Waals surface area contributed by atoms with Crippen LogP contribution >= 0.6 is 0 Å². The second-order valence-electron chi connectivity index (χ2n) is 6.06. The molecule has 2 aromatic carbocycles. The molecule has 4 nitrogen and oxygen atoms in total. The van der Waals surface area contributed by atoms with Gasteiger partial charge in [-0.2, -0.15) is 0 Å². The van der Waals surface area contributed by atoms with Crippen molar-refractivity contribution in [2.24, 2.45) is 0 Å². The van der Waals surface area contributed by atoms with Gasteiger partial charge >= 0.3 is 5.97 Å². The molecule has 0 bridgehead atoms. The van der Waals surface area contributed by atoms with Crippen LogP contribution in [0.4, 0.5) is 4.39 Å². The first-order valence-corrected chi connectivity index (χ1v) is 8.08. The number of halogens is 1. The molecule has 0 saturated carbocycles. The first kappa shape index (κ1) is 17.1. The van der Waals surface area contributed by atoms with Crippen LogP contribution in [0.3, 0.4) is 0 Å². The summed E-state index contributed by atoms with van der Waals surface area (Å²) in [6.07, 6.45) is 0. The molecule has 0 unspecified atom stereocenters. The van der Waals surface area contributed by atoms with Gasteiger partial charge in [-0.15, -0.1) is 0 Å². The summed E-state index contributed by atoms with van der Waals surface area (Å²) in [5.41, 5.74) is -0.604. The molecule has 0 saturated heterocycles. The van der Waals surface area contributed by atoms with Gasteiger partial charge in [0.15, 0.2) is 0 Å². The lowest BCUT2D eigenvalue weighted by molar-refractivity contribution is -0.154. The number of aryl methyl sites for hydroxylation is 1. The predicted octanol–water partition coefficient (Wildman–Crippen LogP) is 3.60. The van der Waals surface area contributed by atoms with Crippen LogP contribution in [0.25, 0.3) is 0 Å². The Balaban J connectivity index is 2.21. The molecule has 2 atom stereocenters. The summed E-state index contributed by atoms with van der Waals surface area (Å²) < 4.78 is 25.9. The van der Waals surface area contributed by atoms with Gasteiger partial charge in [0.1, 0.15) is 5.75 Å². The third-order valence-electron chi connectivity index (χ3n) is 4.53. The number of hydrogen-bond donors (Lipinski definition) is 0. The third kappa shape index (κ3) is 2.60. The number of ketones is 1. The second kappa shape index (κ2) is 6.31. The molecule has 1 aliphatic carbocycles. The number of Topliss-reactive ketones (excluding diaryl/α,β-unsaturated/α-hetero) is 1. The lowest BCUT2D eigenvalue weighted by atomic mass is 9.83. The molecular weight excluding hydrogens is 323 g/mol. The van der Waals surface area contributed by atoms with Gasteiger partial charge in [0, 0.05) is 5.56 Å². The van der Waals surface area contributed by atoms with E-state index < -0.39 is 23.3 Å². The standard InChI is InChI=1S/C20H19FO4/c1-4-25-19(23)20(21)17(13-7-5-12(2)6-8-13)15-10-9-14(24-3)11-16(15)18(20)22/h5-11,17H,4H2,1-3H3/t17-,20+/m1/s1. The summed E-state index contributed by atoms with van der Waals surface area (Å²) in [6.45, 7) is 3.49. The van der Waals surface area contributed by atoms with Crippen molar-refractivity contribution in [3.63, 3.8) is 0 Å². The number of carbonyl (C=O) groups is 2. The normalized spacial score (nSPS) is 21.8. The first-order chi connectivity index (χ1) is 11.9. The van der Waals surface area contributed by atoms with E-state index >= 15 is 4.39 Å². The van der Waals surface area contributed by atoms with Gasteiger partial charge in [0.25, 0.3) is 5.67 Å². The zero-order valence-electron chi connectivity index (χ0n) is 14.3. The van der Waals surface area contributed by atoms with E-state index in [1.54, 1.807) is 31.2 Å². The highest BCUT2D eigenvalue weighted by molar-refractivity contribution is 6.20. The van der Waals surface area contributed by atoms with E-state index in [0.717, 1.165) is 5.56 Å². The maximum atomic E-state index is 15.9. The summed E-state index contributed by atoms with van der Waals surface area (Å²) in [6, 6.07) is 11.9. The quantitative estimate of drug-likeness (QED) is 0.629. The SMILES string of the molecule is CCOC(=O)[C@@]1(F)C(=O)c2cc(OC)ccc2[C@H]1c1ccc(C)cc1. The number of hydrogen-bond acceptors (Lipinski definition) is 4. The Morgan fingerprint density at radius 3 is 2.48 bits per heavy atom. The smallest absolute Gasteiger partial charge is 0.353 e. The Morgan fingerprint density at radius 2 is 1.88 bits per heavy atom. The number of alkyl halides is 1. The number of benzene rings is 2. The van der Waals surface area contributed by atoms with Crippen molar-refractivity contribution in [3.05, 3.63) is 64.7 Å². The molecule has 5 heteroatoms. The summed E-state index contributed by atoms with van der Waals surface area (Å²) in [5, 5.41) is 0. The van der Waals surface area contributed by atoms with Crippen LogP contribution in [-0.2, 0) is 9.53 Å². The zero-order chi connectivity index (χ0) is 18.2. The van der Waals surface area contributed by atoms with Gasteiger partial charge in [-0.25, -0.2) is 9.18 Å². The van der Waals surface area contributed by atoms with Gasteiger partial charge in [0.05, 0.1) is 19.6 Å². The molecule has 0 N–H and O–H groups in total. The Bertz CT molecular complexity index is 828. The molecule has 0 radical (unpaired) electrons. The highest BCUT2D eigenvalue weighted by Gasteiger charge is 2.61. The Hall–Kier alpha value is -2.69. The number of ether oxygens (including phenoxy) is 2. The van der Waals surface area contributed by atoms with E-state index in [-0.39, 0.29) is 12.2 Å². The van der Waals surface area contributed by atoms with Crippen LogP contribution in [0.5, 0.6) is 5.75 Å². The highest BCUT2D eigenvalue weighted by Crippen LogP contribution is 2.49. The summed E-state index contributed by atoms with van der Waals surface area (Å²) in [5.74, 6) is -2.64. The fourth-order valence-electron chi connectivity index (χ4n) is 3.27. The van der Waals surface area contributed by atoms with E-state index in [4.69, 9.17) is 9.47 Å². The molecule has 0 aromatic heterocycles. The molecule has 0 spiro atoms. The van der Waals surface area contributed by atoms with E-state index in [0.29, 0.717) is 16.9 Å². The molecule has 130 valence electrons. The lowest BCUT2D eigenvalue weighted by Gasteiger charge is -2.25. The van der Waals surface area contributed by atoms with Crippen molar-refractivity contribution in [1.29, 1.82) is 0 Å². The fraction of sp³-hybridized carbons (Fsp3) is 0.300. The summed E-state index contributed by atoms with van der Waals surface area (Å²) >= 11 is 0. The van der Waals surface area contributed by atoms with E-state index in [9.17, 15) is 9.59 Å². The van der Waals surface area contributed by atoms with Crippen LogP contribution in [-0.4, -0.2) is 31.1 Å². The van der Waals surface area contributed by atoms with Crippen molar-refractivity contribution >= 4 is 11.8 Å². The minimum atomic E-state index is -2.78. The van der Waals surface area contributed by atoms with Crippen molar-refractivity contribution in [3.8, 4) is 5.75 Å². The van der Waals surface area contributed by atoms with Gasteiger partial charge in [-0.1, -0.05) is 35.9 Å². The van der Waals surface area contributed by atoms with Gasteiger partial charge in [-0.3, -0.25) is 4.79 Å². The Labute approximate surface area is 145 Å². The van der Waals surface area contributed by atoms with Crippen LogP contribution < -0.4 is 4.74 Å². The Kier molecular flexibility index (Phi) is 4.33. The number of methoxy groups -OCH3 is 1. The van der Waals surface area contributed by atoms with Crippen molar-refractivity contribution < 1.29 is 23.5 Å². The maximum Gasteiger partial charge on any atom is 0.353 e. The second-order valence-corrected chi connectivity index (χ2v) is 6.06. The average molecular weight is 342 g/mol. The molecule has 0 aliphatic heterocycles. The van der Waals surface area contributed by atoms with Gasteiger partial charge < -0.3 is 9.47 Å². The fourth-order valence-corrected chi connectivity index (χ4v) is 3.27. The van der Waals surface area contributed by atoms with Crippen molar-refractivity contribution in [2.45, 2.75) is 25.4 Å². The summed E-state index contributed by atoms with van der Waals surface area (Å²) in [4.78, 5) is 25.2. The van der Waals surface area contributed by atoms with E-state index in [1.807, 2.05) is 19.1 Å². The number of rotatable bonds is 4. The highest BCUT2D eigenvalue weighted by atomic mass is 19.1. The van der Waals surface area contributed by atoms with Gasteiger partial charge in [-0.05, 0) is 37.1 Å². The predicted molar refractivity (Wildman–Crippen MR) is 90.8 cm³/mol. The molecule has 3 rings (SSSR count). The number of esters is 1. The van der Waals surface area contributed by atoms with Crippen LogP contribution in [0.2, 0.25) is 0 Å². The molecule has 1 aliphatic rings. The van der Waals surface area contributed by atoms with Crippen LogP contribution in [0.1, 0.15) is 39.9 Å². The van der Waals surface area contributed by atoms with E-state index in [2.05, 4.69) is 0 Å². The minimum Gasteiger partial charge on any atom is -0.497 e. The largest absolute Gasteiger partial charge is 0.497 e. The molecule has 2 aromatic rings. The first-order valence-electron chi connectivity index (χ1n) is 8.08. The van der Waals surface area contributed by atoms with E-state index in [1.165, 1.54) is 13.2 Å². The average Bonchev–Trinajstić information content (AvgIpc) is 2.84. The monoisotopic (exact) mass is 342 g/mol. The molecular formula is C20H19FO4. The zero-order valence-corrected chi connectivity index (χ0v) is 14.3. The maximum absolute atomic E-state index is 15.9. The van der Waals surface area contributed by atoms with Gasteiger partial charge in [0.2, 0.25) is 5.78 Å². The van der Waals surface area contributed by atoms with Crippen LogP contribution in [0, 0.1) is 6.92 Å². The van der Waals surface area contributed by atoms with Crippen molar-refractivity contribution in [1.82, 2.24) is 0 Å². The topological polar surface area (TPSA) is 52.6 Å². The minimum absolute atomic E-state index is 0.00192. The molecule has 0 fully saturated rings. The summed E-state index contributed by atoms with van der Waals surface area (Å²) in [7, 11) is 1.46.